The van der Waals surface area contributed by atoms with Crippen LogP contribution in [0.3, 0.4) is 0 Å². The molecule has 1 atom stereocenters. The van der Waals surface area contributed by atoms with Crippen LogP contribution < -0.4 is 19.5 Å². The van der Waals surface area contributed by atoms with E-state index in [1.807, 2.05) is 24.3 Å². The van der Waals surface area contributed by atoms with Crippen LogP contribution in [0, 0.1) is 0 Å². The molecule has 0 aromatic heterocycles. The maximum atomic E-state index is 6.44. The van der Waals surface area contributed by atoms with E-state index in [2.05, 4.69) is 24.4 Å². The van der Waals surface area contributed by atoms with Gasteiger partial charge >= 0.3 is 0 Å². The van der Waals surface area contributed by atoms with Gasteiger partial charge in [-0.15, -0.1) is 0 Å². The average molecular weight is 350 g/mol. The van der Waals surface area contributed by atoms with Crippen molar-refractivity contribution < 1.29 is 14.2 Å². The topological polar surface area (TPSA) is 39.7 Å². The first-order valence-electron chi connectivity index (χ1n) is 7.91. The molecule has 130 valence electrons. The van der Waals surface area contributed by atoms with E-state index < -0.39 is 0 Å². The van der Waals surface area contributed by atoms with Crippen LogP contribution in [0.2, 0.25) is 5.02 Å². The summed E-state index contributed by atoms with van der Waals surface area (Å²) in [6.45, 7) is 2.79. The molecule has 0 aliphatic heterocycles. The Balaban J connectivity index is 2.12. The highest BCUT2D eigenvalue weighted by molar-refractivity contribution is 6.33. The average Bonchev–Trinajstić information content (AvgIpc) is 2.63. The monoisotopic (exact) mass is 349 g/mol. The first kappa shape index (κ1) is 18.4. The molecule has 24 heavy (non-hydrogen) atoms. The fourth-order valence-corrected chi connectivity index (χ4v) is 2.93. The second-order valence-electron chi connectivity index (χ2n) is 5.39. The van der Waals surface area contributed by atoms with E-state index >= 15 is 0 Å². The first-order valence-corrected chi connectivity index (χ1v) is 8.29. The summed E-state index contributed by atoms with van der Waals surface area (Å²) in [5.41, 5.74) is 2.19. The van der Waals surface area contributed by atoms with Gasteiger partial charge in [0, 0.05) is 12.6 Å². The van der Waals surface area contributed by atoms with E-state index in [9.17, 15) is 0 Å². The second-order valence-corrected chi connectivity index (χ2v) is 5.77. The standard InChI is InChI=1S/C19H24ClNO3/c1-5-16(13-6-9-15(22-2)10-7-13)21-12-14-8-11-17(23-3)19(24-4)18(14)20/h6-11,16,21H,5,12H2,1-4H3. The van der Waals surface area contributed by atoms with Crippen molar-refractivity contribution >= 4 is 11.6 Å². The molecule has 0 radical (unpaired) electrons. The molecule has 2 rings (SSSR count). The lowest BCUT2D eigenvalue weighted by atomic mass is 10.0. The molecule has 1 N–H and O–H groups in total. The third-order valence-corrected chi connectivity index (χ3v) is 4.44. The molecule has 0 aliphatic carbocycles. The number of halogens is 1. The zero-order chi connectivity index (χ0) is 17.5. The van der Waals surface area contributed by atoms with Crippen molar-refractivity contribution in [2.24, 2.45) is 0 Å². The van der Waals surface area contributed by atoms with Crippen molar-refractivity contribution in [1.82, 2.24) is 5.32 Å². The van der Waals surface area contributed by atoms with E-state index in [0.717, 1.165) is 17.7 Å². The summed E-state index contributed by atoms with van der Waals surface area (Å²) in [5, 5.41) is 4.13. The fraction of sp³-hybridized carbons (Fsp3) is 0.368. The number of hydrogen-bond donors (Lipinski definition) is 1. The Hall–Kier alpha value is -1.91. The molecule has 0 amide bonds. The highest BCUT2D eigenvalue weighted by Crippen LogP contribution is 2.37. The lowest BCUT2D eigenvalue weighted by Crippen LogP contribution is -2.20. The molecule has 4 nitrogen and oxygen atoms in total. The zero-order valence-electron chi connectivity index (χ0n) is 14.6. The Kier molecular flexibility index (Phi) is 6.76. The van der Waals surface area contributed by atoms with Gasteiger partial charge in [0.1, 0.15) is 5.75 Å². The zero-order valence-corrected chi connectivity index (χ0v) is 15.3. The Labute approximate surface area is 148 Å². The third-order valence-electron chi connectivity index (χ3n) is 4.03. The molecule has 5 heteroatoms. The van der Waals surface area contributed by atoms with Crippen LogP contribution >= 0.6 is 11.6 Å². The highest BCUT2D eigenvalue weighted by atomic mass is 35.5. The Morgan fingerprint density at radius 2 is 1.67 bits per heavy atom. The number of benzene rings is 2. The molecule has 1 unspecified atom stereocenters. The van der Waals surface area contributed by atoms with E-state index in [1.54, 1.807) is 21.3 Å². The van der Waals surface area contributed by atoms with Gasteiger partial charge in [-0.25, -0.2) is 0 Å². The SMILES string of the molecule is CCC(NCc1ccc(OC)c(OC)c1Cl)c1ccc(OC)cc1. The predicted octanol–water partition coefficient (Wildman–Crippen LogP) is 4.61. The van der Waals surface area contributed by atoms with Gasteiger partial charge in [-0.1, -0.05) is 36.7 Å². The number of nitrogens with one attached hydrogen (secondary N) is 1. The number of ether oxygens (including phenoxy) is 3. The first-order chi connectivity index (χ1) is 11.6. The molecule has 2 aromatic carbocycles. The molecule has 0 fully saturated rings. The number of hydrogen-bond acceptors (Lipinski definition) is 4. The van der Waals surface area contributed by atoms with E-state index in [1.165, 1.54) is 5.56 Å². The summed E-state index contributed by atoms with van der Waals surface area (Å²) >= 11 is 6.44. The van der Waals surface area contributed by atoms with Gasteiger partial charge in [0.25, 0.3) is 0 Å². The van der Waals surface area contributed by atoms with Gasteiger partial charge < -0.3 is 19.5 Å². The highest BCUT2D eigenvalue weighted by Gasteiger charge is 2.15. The maximum Gasteiger partial charge on any atom is 0.179 e. The van der Waals surface area contributed by atoms with Crippen LogP contribution in [0.1, 0.15) is 30.5 Å². The molecule has 0 bridgehead atoms. The van der Waals surface area contributed by atoms with Crippen LogP contribution in [0.4, 0.5) is 0 Å². The van der Waals surface area contributed by atoms with Crippen molar-refractivity contribution in [3.63, 3.8) is 0 Å². The van der Waals surface area contributed by atoms with Crippen LogP contribution in [0.5, 0.6) is 17.2 Å². The molecular weight excluding hydrogens is 326 g/mol. The lowest BCUT2D eigenvalue weighted by Gasteiger charge is -2.19. The molecular formula is C19H24ClNO3. The van der Waals surface area contributed by atoms with Gasteiger partial charge in [-0.2, -0.15) is 0 Å². The molecule has 0 saturated heterocycles. The Morgan fingerprint density at radius 3 is 2.21 bits per heavy atom. The van der Waals surface area contributed by atoms with Gasteiger partial charge in [0.05, 0.1) is 26.4 Å². The van der Waals surface area contributed by atoms with Crippen molar-refractivity contribution in [3.8, 4) is 17.2 Å². The summed E-state index contributed by atoms with van der Waals surface area (Å²) in [7, 11) is 4.86. The normalized spacial score (nSPS) is 11.9. The minimum absolute atomic E-state index is 0.236. The lowest BCUT2D eigenvalue weighted by molar-refractivity contribution is 0.354. The predicted molar refractivity (Wildman–Crippen MR) is 97.4 cm³/mol. The molecule has 0 heterocycles. The van der Waals surface area contributed by atoms with Gasteiger partial charge in [0.2, 0.25) is 0 Å². The minimum Gasteiger partial charge on any atom is -0.497 e. The van der Waals surface area contributed by atoms with Crippen molar-refractivity contribution in [1.29, 1.82) is 0 Å². The fourth-order valence-electron chi connectivity index (χ4n) is 2.63. The minimum atomic E-state index is 0.236. The second kappa shape index (κ2) is 8.81. The molecule has 0 spiro atoms. The maximum absolute atomic E-state index is 6.44. The van der Waals surface area contributed by atoms with Crippen molar-refractivity contribution in [2.75, 3.05) is 21.3 Å². The summed E-state index contributed by atoms with van der Waals surface area (Å²) in [6.07, 6.45) is 0.969. The van der Waals surface area contributed by atoms with E-state index in [0.29, 0.717) is 23.1 Å². The summed E-state index contributed by atoms with van der Waals surface area (Å²) < 4.78 is 15.8. The Bertz CT molecular complexity index is 658. The summed E-state index contributed by atoms with van der Waals surface area (Å²) in [6, 6.07) is 12.2. The smallest absolute Gasteiger partial charge is 0.179 e. The van der Waals surface area contributed by atoms with Crippen LogP contribution in [0.25, 0.3) is 0 Å². The van der Waals surface area contributed by atoms with E-state index in [4.69, 9.17) is 25.8 Å². The third kappa shape index (κ3) is 4.13. The molecule has 0 aliphatic rings. The number of rotatable bonds is 8. The van der Waals surface area contributed by atoms with Gasteiger partial charge in [-0.3, -0.25) is 0 Å². The van der Waals surface area contributed by atoms with Crippen molar-refractivity contribution in [2.45, 2.75) is 25.9 Å². The number of methoxy groups -OCH3 is 3. The van der Waals surface area contributed by atoms with Gasteiger partial charge in [-0.05, 0) is 35.7 Å². The Morgan fingerprint density at radius 1 is 0.958 bits per heavy atom. The van der Waals surface area contributed by atoms with Crippen LogP contribution in [0.15, 0.2) is 36.4 Å². The molecule has 0 saturated carbocycles. The van der Waals surface area contributed by atoms with Crippen LogP contribution in [-0.4, -0.2) is 21.3 Å². The summed E-state index contributed by atoms with van der Waals surface area (Å²) in [5.74, 6) is 2.06. The van der Waals surface area contributed by atoms with Crippen molar-refractivity contribution in [3.05, 3.63) is 52.5 Å². The quantitative estimate of drug-likeness (QED) is 0.755. The largest absolute Gasteiger partial charge is 0.497 e. The van der Waals surface area contributed by atoms with Crippen LogP contribution in [-0.2, 0) is 6.54 Å². The molecule has 2 aromatic rings. The van der Waals surface area contributed by atoms with Gasteiger partial charge in [0.15, 0.2) is 11.5 Å². The van der Waals surface area contributed by atoms with E-state index in [-0.39, 0.29) is 6.04 Å². The summed E-state index contributed by atoms with van der Waals surface area (Å²) in [4.78, 5) is 0.